The number of rotatable bonds is 3. The van der Waals surface area contributed by atoms with Crippen molar-refractivity contribution in [2.24, 2.45) is 0 Å². The molecule has 7 nitrogen and oxygen atoms in total. The maximum absolute atomic E-state index is 13.0. The van der Waals surface area contributed by atoms with Crippen molar-refractivity contribution in [3.8, 4) is 0 Å². The lowest BCUT2D eigenvalue weighted by Crippen LogP contribution is -2.37. The van der Waals surface area contributed by atoms with Crippen molar-refractivity contribution >= 4 is 40.1 Å². The Kier molecular flexibility index (Phi) is 4.72. The zero-order valence-electron chi connectivity index (χ0n) is 15.1. The number of carbonyl (C=O) groups excluding carboxylic acids is 1. The SMILES string of the molecule is Cc1nc(N2CCOCC2)c2c(C(=O)Nc3cccc(Cl)c3)c(C)oc2n1. The van der Waals surface area contributed by atoms with Crippen LogP contribution < -0.4 is 10.2 Å². The van der Waals surface area contributed by atoms with Crippen molar-refractivity contribution in [2.75, 3.05) is 36.5 Å². The lowest BCUT2D eigenvalue weighted by molar-refractivity contribution is 0.102. The Morgan fingerprint density at radius 3 is 2.74 bits per heavy atom. The minimum absolute atomic E-state index is 0.282. The molecular formula is C19H19ClN4O3. The van der Waals surface area contributed by atoms with Crippen LogP contribution in [0.15, 0.2) is 28.7 Å². The van der Waals surface area contributed by atoms with E-state index in [1.165, 1.54) is 0 Å². The van der Waals surface area contributed by atoms with E-state index in [4.69, 9.17) is 20.8 Å². The molecule has 140 valence electrons. The monoisotopic (exact) mass is 386 g/mol. The van der Waals surface area contributed by atoms with Gasteiger partial charge >= 0.3 is 0 Å². The van der Waals surface area contributed by atoms with Crippen molar-refractivity contribution in [1.29, 1.82) is 0 Å². The number of amides is 1. The molecule has 3 aromatic rings. The van der Waals surface area contributed by atoms with Gasteiger partial charge < -0.3 is 19.4 Å². The van der Waals surface area contributed by atoms with Crippen molar-refractivity contribution in [1.82, 2.24) is 9.97 Å². The van der Waals surface area contributed by atoms with Gasteiger partial charge in [0.15, 0.2) is 0 Å². The highest BCUT2D eigenvalue weighted by molar-refractivity contribution is 6.31. The highest BCUT2D eigenvalue weighted by Gasteiger charge is 2.26. The first-order valence-corrected chi connectivity index (χ1v) is 9.08. The molecule has 0 bridgehead atoms. The van der Waals surface area contributed by atoms with Crippen LogP contribution in [0.1, 0.15) is 21.9 Å². The number of hydrogen-bond acceptors (Lipinski definition) is 6. The van der Waals surface area contributed by atoms with E-state index >= 15 is 0 Å². The molecule has 1 aliphatic heterocycles. The fourth-order valence-electron chi connectivity index (χ4n) is 3.23. The van der Waals surface area contributed by atoms with Crippen LogP contribution in [0.25, 0.3) is 11.1 Å². The molecule has 8 heteroatoms. The number of morpholine rings is 1. The number of fused-ring (bicyclic) bond motifs is 1. The summed E-state index contributed by atoms with van der Waals surface area (Å²) in [5.41, 5.74) is 1.46. The number of hydrogen-bond donors (Lipinski definition) is 1. The lowest BCUT2D eigenvalue weighted by Gasteiger charge is -2.28. The van der Waals surface area contributed by atoms with Gasteiger partial charge in [-0.05, 0) is 32.0 Å². The van der Waals surface area contributed by atoms with Crippen molar-refractivity contribution in [3.05, 3.63) is 46.4 Å². The van der Waals surface area contributed by atoms with Crippen LogP contribution in [0.3, 0.4) is 0 Å². The minimum atomic E-state index is -0.282. The zero-order valence-corrected chi connectivity index (χ0v) is 15.8. The van der Waals surface area contributed by atoms with Crippen LogP contribution >= 0.6 is 11.6 Å². The molecular weight excluding hydrogens is 368 g/mol. The number of carbonyl (C=O) groups is 1. The molecule has 0 spiro atoms. The standard InChI is InChI=1S/C19H19ClN4O3/c1-11-15(18(25)23-14-5-3-4-13(20)10-14)16-17(24-6-8-26-9-7-24)21-12(2)22-19(16)27-11/h3-5,10H,6-9H2,1-2H3,(H,23,25). The highest BCUT2D eigenvalue weighted by atomic mass is 35.5. The molecule has 0 aliphatic carbocycles. The number of nitrogens with zero attached hydrogens (tertiary/aromatic N) is 3. The van der Waals surface area contributed by atoms with Gasteiger partial charge in [0.2, 0.25) is 5.71 Å². The summed E-state index contributed by atoms with van der Waals surface area (Å²) in [6.07, 6.45) is 0. The van der Waals surface area contributed by atoms with Crippen LogP contribution in [0, 0.1) is 13.8 Å². The van der Waals surface area contributed by atoms with Crippen LogP contribution in [-0.2, 0) is 4.74 Å². The van der Waals surface area contributed by atoms with E-state index in [0.29, 0.717) is 71.1 Å². The Morgan fingerprint density at radius 1 is 1.22 bits per heavy atom. The van der Waals surface area contributed by atoms with Gasteiger partial charge in [0.05, 0.1) is 24.2 Å². The number of benzene rings is 1. The maximum atomic E-state index is 13.0. The first-order valence-electron chi connectivity index (χ1n) is 8.70. The van der Waals surface area contributed by atoms with E-state index in [-0.39, 0.29) is 5.91 Å². The van der Waals surface area contributed by atoms with E-state index in [1.54, 1.807) is 31.2 Å². The molecule has 0 unspecified atom stereocenters. The number of ether oxygens (including phenoxy) is 1. The van der Waals surface area contributed by atoms with E-state index in [1.807, 2.05) is 6.92 Å². The van der Waals surface area contributed by atoms with Crippen LogP contribution in [0.4, 0.5) is 11.5 Å². The first-order chi connectivity index (χ1) is 13.0. The Labute approximate surface area is 161 Å². The second-order valence-electron chi connectivity index (χ2n) is 6.37. The number of aromatic nitrogens is 2. The molecule has 1 N–H and O–H groups in total. The Hall–Kier alpha value is -2.64. The Bertz CT molecular complexity index is 1010. The molecule has 27 heavy (non-hydrogen) atoms. The largest absolute Gasteiger partial charge is 0.442 e. The molecule has 3 heterocycles. The van der Waals surface area contributed by atoms with Gasteiger partial charge in [0.1, 0.15) is 17.4 Å². The van der Waals surface area contributed by atoms with Gasteiger partial charge in [-0.15, -0.1) is 0 Å². The summed E-state index contributed by atoms with van der Waals surface area (Å²) < 4.78 is 11.2. The fourth-order valence-corrected chi connectivity index (χ4v) is 3.42. The summed E-state index contributed by atoms with van der Waals surface area (Å²) >= 11 is 6.02. The predicted octanol–water partition coefficient (Wildman–Crippen LogP) is 3.58. The van der Waals surface area contributed by atoms with E-state index < -0.39 is 0 Å². The quantitative estimate of drug-likeness (QED) is 0.741. The van der Waals surface area contributed by atoms with Gasteiger partial charge in [0, 0.05) is 23.8 Å². The van der Waals surface area contributed by atoms with Crippen molar-refractivity contribution in [2.45, 2.75) is 13.8 Å². The average molecular weight is 387 g/mol. The van der Waals surface area contributed by atoms with Gasteiger partial charge in [-0.25, -0.2) is 4.98 Å². The predicted molar refractivity (Wildman–Crippen MR) is 104 cm³/mol. The van der Waals surface area contributed by atoms with Crippen LogP contribution in [0.2, 0.25) is 5.02 Å². The summed E-state index contributed by atoms with van der Waals surface area (Å²) in [7, 11) is 0. The number of anilines is 2. The number of nitrogens with one attached hydrogen (secondary N) is 1. The first kappa shape index (κ1) is 17.8. The van der Waals surface area contributed by atoms with E-state index in [0.717, 1.165) is 0 Å². The molecule has 0 saturated carbocycles. The number of halogens is 1. The average Bonchev–Trinajstić information content (AvgIpc) is 2.97. The smallest absolute Gasteiger partial charge is 0.260 e. The summed E-state index contributed by atoms with van der Waals surface area (Å²) in [5, 5.41) is 4.06. The highest BCUT2D eigenvalue weighted by Crippen LogP contribution is 2.33. The molecule has 1 amide bonds. The zero-order chi connectivity index (χ0) is 19.0. The summed E-state index contributed by atoms with van der Waals surface area (Å²) in [6, 6.07) is 7.01. The Balaban J connectivity index is 1.80. The second kappa shape index (κ2) is 7.17. The van der Waals surface area contributed by atoms with Gasteiger partial charge in [-0.3, -0.25) is 4.79 Å². The molecule has 2 aromatic heterocycles. The summed E-state index contributed by atoms with van der Waals surface area (Å²) in [5.74, 6) is 1.52. The third-order valence-corrected chi connectivity index (χ3v) is 4.68. The normalized spacial score (nSPS) is 14.6. The topological polar surface area (TPSA) is 80.5 Å². The molecule has 1 aliphatic rings. The lowest BCUT2D eigenvalue weighted by atomic mass is 10.1. The van der Waals surface area contributed by atoms with Crippen molar-refractivity contribution < 1.29 is 13.9 Å². The minimum Gasteiger partial charge on any atom is -0.442 e. The molecule has 0 atom stereocenters. The third-order valence-electron chi connectivity index (χ3n) is 4.44. The van der Waals surface area contributed by atoms with Crippen molar-refractivity contribution in [3.63, 3.8) is 0 Å². The number of furan rings is 1. The summed E-state index contributed by atoms with van der Waals surface area (Å²) in [4.78, 5) is 24.1. The fraction of sp³-hybridized carbons (Fsp3) is 0.316. The maximum Gasteiger partial charge on any atom is 0.260 e. The molecule has 4 rings (SSSR count). The Morgan fingerprint density at radius 2 is 2.00 bits per heavy atom. The van der Waals surface area contributed by atoms with Crippen LogP contribution in [-0.4, -0.2) is 42.2 Å². The van der Waals surface area contributed by atoms with E-state index in [9.17, 15) is 4.79 Å². The molecule has 1 saturated heterocycles. The van der Waals surface area contributed by atoms with Crippen LogP contribution in [0.5, 0.6) is 0 Å². The molecule has 1 aromatic carbocycles. The molecule has 1 fully saturated rings. The second-order valence-corrected chi connectivity index (χ2v) is 6.81. The molecule has 0 radical (unpaired) electrons. The number of aryl methyl sites for hydroxylation is 2. The van der Waals surface area contributed by atoms with Gasteiger partial charge in [-0.1, -0.05) is 17.7 Å². The van der Waals surface area contributed by atoms with E-state index in [2.05, 4.69) is 20.2 Å². The summed E-state index contributed by atoms with van der Waals surface area (Å²) in [6.45, 7) is 6.20. The third kappa shape index (κ3) is 3.48. The van der Waals surface area contributed by atoms with Gasteiger partial charge in [-0.2, -0.15) is 4.98 Å². The van der Waals surface area contributed by atoms with Gasteiger partial charge in [0.25, 0.3) is 5.91 Å².